The standard InChI is InChI=1S/C21H16Cl3NO2S/c22-14-7-5-13(6-8-14)19(16-3-1-2-4-17(16)23)27-15-11-25(12-15)21(26)20-18(24)9-10-28-20/h1-10,15,19H,11-12H2. The van der Waals surface area contributed by atoms with E-state index in [1.54, 1.807) is 11.0 Å². The van der Waals surface area contributed by atoms with Crippen LogP contribution in [0.25, 0.3) is 0 Å². The normalized spacial score (nSPS) is 15.3. The Kier molecular flexibility index (Phi) is 5.95. The number of carbonyl (C=O) groups excluding carboxylic acids is 1. The number of thiophene rings is 1. The Morgan fingerprint density at radius 1 is 1.00 bits per heavy atom. The summed E-state index contributed by atoms with van der Waals surface area (Å²) in [6.07, 6.45) is -0.418. The molecular formula is C21H16Cl3NO2S. The first-order chi connectivity index (χ1) is 13.5. The van der Waals surface area contributed by atoms with Gasteiger partial charge < -0.3 is 9.64 Å². The Labute approximate surface area is 182 Å². The molecule has 1 aliphatic rings. The van der Waals surface area contributed by atoms with E-state index >= 15 is 0 Å². The highest BCUT2D eigenvalue weighted by Gasteiger charge is 2.35. The van der Waals surface area contributed by atoms with Crippen molar-refractivity contribution in [3.8, 4) is 0 Å². The molecule has 1 fully saturated rings. The van der Waals surface area contributed by atoms with Crippen LogP contribution in [0, 0.1) is 0 Å². The molecule has 1 saturated heterocycles. The third-order valence-corrected chi connectivity index (χ3v) is 6.56. The molecule has 2 heterocycles. The number of benzene rings is 2. The zero-order valence-corrected chi connectivity index (χ0v) is 17.7. The van der Waals surface area contributed by atoms with E-state index in [9.17, 15) is 4.79 Å². The molecule has 144 valence electrons. The van der Waals surface area contributed by atoms with E-state index in [0.29, 0.717) is 33.0 Å². The maximum atomic E-state index is 12.5. The van der Waals surface area contributed by atoms with Gasteiger partial charge in [0.25, 0.3) is 5.91 Å². The van der Waals surface area contributed by atoms with Gasteiger partial charge in [-0.3, -0.25) is 4.79 Å². The molecule has 0 saturated carbocycles. The maximum Gasteiger partial charge on any atom is 0.265 e. The van der Waals surface area contributed by atoms with Crippen molar-refractivity contribution in [3.63, 3.8) is 0 Å². The SMILES string of the molecule is O=C(c1sccc1Cl)N1CC(OC(c2ccc(Cl)cc2)c2ccccc2Cl)C1. The first kappa shape index (κ1) is 19.7. The molecule has 1 aliphatic heterocycles. The summed E-state index contributed by atoms with van der Waals surface area (Å²) in [7, 11) is 0. The molecule has 4 rings (SSSR count). The van der Waals surface area contributed by atoms with Crippen molar-refractivity contribution in [2.75, 3.05) is 13.1 Å². The molecule has 1 atom stereocenters. The van der Waals surface area contributed by atoms with Crippen LogP contribution in [0.15, 0.2) is 60.0 Å². The average Bonchev–Trinajstić information content (AvgIpc) is 3.08. The van der Waals surface area contributed by atoms with Crippen molar-refractivity contribution in [1.29, 1.82) is 0 Å². The van der Waals surface area contributed by atoms with Crippen molar-refractivity contribution in [2.24, 2.45) is 0 Å². The molecule has 3 nitrogen and oxygen atoms in total. The lowest BCUT2D eigenvalue weighted by Crippen LogP contribution is -2.55. The topological polar surface area (TPSA) is 29.5 Å². The predicted molar refractivity (Wildman–Crippen MR) is 115 cm³/mol. The van der Waals surface area contributed by atoms with E-state index in [1.807, 2.05) is 53.9 Å². The quantitative estimate of drug-likeness (QED) is 0.452. The van der Waals surface area contributed by atoms with Gasteiger partial charge in [-0.2, -0.15) is 0 Å². The molecule has 1 unspecified atom stereocenters. The van der Waals surface area contributed by atoms with Gasteiger partial charge in [-0.25, -0.2) is 0 Å². The number of carbonyl (C=O) groups is 1. The van der Waals surface area contributed by atoms with Gasteiger partial charge in [0.1, 0.15) is 11.0 Å². The summed E-state index contributed by atoms with van der Waals surface area (Å²) in [5.74, 6) is -0.0550. The lowest BCUT2D eigenvalue weighted by Gasteiger charge is -2.40. The van der Waals surface area contributed by atoms with Crippen LogP contribution >= 0.6 is 46.1 Å². The first-order valence-electron chi connectivity index (χ1n) is 8.70. The maximum absolute atomic E-state index is 12.5. The molecule has 28 heavy (non-hydrogen) atoms. The molecule has 7 heteroatoms. The van der Waals surface area contributed by atoms with Crippen molar-refractivity contribution in [3.05, 3.63) is 91.0 Å². The largest absolute Gasteiger partial charge is 0.362 e. The van der Waals surface area contributed by atoms with Gasteiger partial charge in [0, 0.05) is 28.7 Å². The van der Waals surface area contributed by atoms with Crippen LogP contribution in [0.3, 0.4) is 0 Å². The van der Waals surface area contributed by atoms with Crippen LogP contribution in [0.5, 0.6) is 0 Å². The summed E-state index contributed by atoms with van der Waals surface area (Å²) in [6.45, 7) is 1.03. The summed E-state index contributed by atoms with van der Waals surface area (Å²) < 4.78 is 6.36. The molecular weight excluding hydrogens is 437 g/mol. The van der Waals surface area contributed by atoms with Crippen molar-refractivity contribution < 1.29 is 9.53 Å². The minimum absolute atomic E-state index is 0.0550. The number of likely N-dealkylation sites (tertiary alicyclic amines) is 1. The minimum atomic E-state index is -0.335. The third-order valence-electron chi connectivity index (χ3n) is 4.64. The Balaban J connectivity index is 1.50. The van der Waals surface area contributed by atoms with E-state index in [2.05, 4.69) is 0 Å². The third kappa shape index (κ3) is 4.07. The van der Waals surface area contributed by atoms with Gasteiger partial charge in [-0.15, -0.1) is 11.3 Å². The fourth-order valence-corrected chi connectivity index (χ4v) is 4.59. The molecule has 0 N–H and O–H groups in total. The molecule has 0 bridgehead atoms. The number of hydrogen-bond acceptors (Lipinski definition) is 3. The van der Waals surface area contributed by atoms with Crippen LogP contribution in [0.2, 0.25) is 15.1 Å². The Morgan fingerprint density at radius 3 is 2.36 bits per heavy atom. The van der Waals surface area contributed by atoms with E-state index in [0.717, 1.165) is 11.1 Å². The number of nitrogens with zero attached hydrogens (tertiary/aromatic N) is 1. The second-order valence-electron chi connectivity index (χ2n) is 6.52. The van der Waals surface area contributed by atoms with E-state index in [1.165, 1.54) is 11.3 Å². The van der Waals surface area contributed by atoms with Crippen molar-refractivity contribution in [2.45, 2.75) is 12.2 Å². The van der Waals surface area contributed by atoms with Gasteiger partial charge >= 0.3 is 0 Å². The van der Waals surface area contributed by atoms with Crippen LogP contribution in [0.4, 0.5) is 0 Å². The van der Waals surface area contributed by atoms with Crippen molar-refractivity contribution in [1.82, 2.24) is 4.90 Å². The number of amides is 1. The summed E-state index contributed by atoms with van der Waals surface area (Å²) in [6, 6.07) is 16.9. The Bertz CT molecular complexity index is 983. The molecule has 1 aromatic heterocycles. The molecule has 1 amide bonds. The fraction of sp³-hybridized carbons (Fsp3) is 0.190. The van der Waals surface area contributed by atoms with Gasteiger partial charge in [-0.1, -0.05) is 65.1 Å². The number of rotatable bonds is 5. The minimum Gasteiger partial charge on any atom is -0.362 e. The first-order valence-corrected chi connectivity index (χ1v) is 10.7. The van der Waals surface area contributed by atoms with Gasteiger partial charge in [0.15, 0.2) is 0 Å². The molecule has 3 aromatic rings. The van der Waals surface area contributed by atoms with E-state index in [4.69, 9.17) is 39.5 Å². The van der Waals surface area contributed by atoms with Crippen LogP contribution in [0.1, 0.15) is 26.9 Å². The second-order valence-corrected chi connectivity index (χ2v) is 8.69. The molecule has 0 aliphatic carbocycles. The van der Waals surface area contributed by atoms with Crippen LogP contribution < -0.4 is 0 Å². The summed E-state index contributed by atoms with van der Waals surface area (Å²) in [4.78, 5) is 14.8. The number of halogens is 3. The average molecular weight is 453 g/mol. The Hall–Kier alpha value is -1.56. The van der Waals surface area contributed by atoms with E-state index < -0.39 is 0 Å². The molecule has 0 spiro atoms. The Morgan fingerprint density at radius 2 is 1.71 bits per heavy atom. The summed E-state index contributed by atoms with van der Waals surface area (Å²) >= 11 is 19.9. The highest BCUT2D eigenvalue weighted by molar-refractivity contribution is 7.12. The number of hydrogen-bond donors (Lipinski definition) is 0. The summed E-state index contributed by atoms with van der Waals surface area (Å²) in [5.41, 5.74) is 1.85. The second kappa shape index (κ2) is 8.44. The van der Waals surface area contributed by atoms with Gasteiger partial charge in [0.05, 0.1) is 11.1 Å². The summed E-state index contributed by atoms with van der Waals surface area (Å²) in [5, 5.41) is 3.61. The zero-order valence-electron chi connectivity index (χ0n) is 14.6. The predicted octanol–water partition coefficient (Wildman–Crippen LogP) is 6.34. The monoisotopic (exact) mass is 451 g/mol. The van der Waals surface area contributed by atoms with Gasteiger partial charge in [0.2, 0.25) is 0 Å². The lowest BCUT2D eigenvalue weighted by atomic mass is 10.0. The fourth-order valence-electron chi connectivity index (χ4n) is 3.13. The highest BCUT2D eigenvalue weighted by Crippen LogP contribution is 2.35. The van der Waals surface area contributed by atoms with Gasteiger partial charge in [-0.05, 0) is 35.2 Å². The van der Waals surface area contributed by atoms with E-state index in [-0.39, 0.29) is 18.1 Å². The van der Waals surface area contributed by atoms with Crippen LogP contribution in [-0.2, 0) is 4.74 Å². The smallest absolute Gasteiger partial charge is 0.265 e. The number of ether oxygens (including phenoxy) is 1. The van der Waals surface area contributed by atoms with Crippen LogP contribution in [-0.4, -0.2) is 30.0 Å². The molecule has 0 radical (unpaired) electrons. The van der Waals surface area contributed by atoms with Crippen molar-refractivity contribution >= 4 is 52.0 Å². The lowest BCUT2D eigenvalue weighted by molar-refractivity contribution is -0.0686. The molecule has 2 aromatic carbocycles. The highest BCUT2D eigenvalue weighted by atomic mass is 35.5. The zero-order chi connectivity index (χ0) is 19.7.